The van der Waals surface area contributed by atoms with Gasteiger partial charge in [0.2, 0.25) is 0 Å². The maximum atomic E-state index is 11.8. The molecular formula is C17H12Cl2N4O2S. The van der Waals surface area contributed by atoms with Crippen LogP contribution in [-0.4, -0.2) is 19.8 Å². The predicted molar refractivity (Wildman–Crippen MR) is 105 cm³/mol. The number of nitrogens with two attached hydrogens (primary N) is 1. The number of rotatable bonds is 4. The standard InChI is InChI=1S/C17H12Cl2N4O2S/c18-12-5-1-10(2-6-12)17(19,15(20)26)11-3-7-13(8-4-11)23-16(25)22-14(24)9-21-23/h1-9H,(H2,20,26)(H,22,24,25). The Balaban J connectivity index is 2.07. The van der Waals surface area contributed by atoms with Gasteiger partial charge in [0.1, 0.15) is 16.1 Å². The van der Waals surface area contributed by atoms with Crippen molar-refractivity contribution >= 4 is 40.4 Å². The van der Waals surface area contributed by atoms with Gasteiger partial charge in [-0.2, -0.15) is 9.78 Å². The summed E-state index contributed by atoms with van der Waals surface area (Å²) in [4.78, 5) is 24.0. The first kappa shape index (κ1) is 18.3. The van der Waals surface area contributed by atoms with E-state index in [4.69, 9.17) is 41.2 Å². The fourth-order valence-corrected chi connectivity index (χ4v) is 3.11. The van der Waals surface area contributed by atoms with Crippen LogP contribution in [0.25, 0.3) is 5.69 Å². The Morgan fingerprint density at radius 2 is 1.62 bits per heavy atom. The molecule has 6 nitrogen and oxygen atoms in total. The molecular weight excluding hydrogens is 395 g/mol. The highest BCUT2D eigenvalue weighted by Gasteiger charge is 2.35. The molecule has 0 spiro atoms. The SMILES string of the molecule is NC(=S)C(Cl)(c1ccc(Cl)cc1)c1ccc(-n2ncc(=O)[nH]c2=O)cc1. The summed E-state index contributed by atoms with van der Waals surface area (Å²) < 4.78 is 1.06. The van der Waals surface area contributed by atoms with Crippen LogP contribution in [0, 0.1) is 0 Å². The summed E-state index contributed by atoms with van der Waals surface area (Å²) in [5.74, 6) is 0. The van der Waals surface area contributed by atoms with E-state index >= 15 is 0 Å². The van der Waals surface area contributed by atoms with Crippen LogP contribution < -0.4 is 17.0 Å². The van der Waals surface area contributed by atoms with E-state index in [1.54, 1.807) is 48.5 Å². The zero-order valence-corrected chi connectivity index (χ0v) is 15.5. The van der Waals surface area contributed by atoms with Crippen molar-refractivity contribution in [1.82, 2.24) is 14.8 Å². The van der Waals surface area contributed by atoms with E-state index in [0.717, 1.165) is 10.9 Å². The third-order valence-electron chi connectivity index (χ3n) is 3.80. The molecule has 132 valence electrons. The number of halogens is 2. The van der Waals surface area contributed by atoms with Gasteiger partial charge < -0.3 is 5.73 Å². The molecule has 3 rings (SSSR count). The second-order valence-corrected chi connectivity index (χ2v) is 6.87. The molecule has 0 saturated carbocycles. The smallest absolute Gasteiger partial charge is 0.349 e. The highest BCUT2D eigenvalue weighted by atomic mass is 35.5. The topological polar surface area (TPSA) is 93.8 Å². The average Bonchev–Trinajstić information content (AvgIpc) is 2.62. The van der Waals surface area contributed by atoms with Gasteiger partial charge >= 0.3 is 5.69 Å². The van der Waals surface area contributed by atoms with E-state index < -0.39 is 16.1 Å². The predicted octanol–water partition coefficient (Wildman–Crippen LogP) is 2.34. The van der Waals surface area contributed by atoms with Gasteiger partial charge in [0.05, 0.1) is 5.69 Å². The number of hydrogen-bond donors (Lipinski definition) is 2. The first-order valence-electron chi connectivity index (χ1n) is 7.37. The van der Waals surface area contributed by atoms with Crippen LogP contribution >= 0.6 is 35.4 Å². The largest absolute Gasteiger partial charge is 0.391 e. The van der Waals surface area contributed by atoms with Crippen LogP contribution in [0.4, 0.5) is 0 Å². The lowest BCUT2D eigenvalue weighted by Crippen LogP contribution is -2.36. The third-order valence-corrected chi connectivity index (χ3v) is 5.11. The number of alkyl halides is 1. The summed E-state index contributed by atoms with van der Waals surface area (Å²) in [5.41, 5.74) is 6.45. The summed E-state index contributed by atoms with van der Waals surface area (Å²) in [6.07, 6.45) is 1.02. The molecule has 0 aliphatic carbocycles. The summed E-state index contributed by atoms with van der Waals surface area (Å²) in [6, 6.07) is 13.5. The summed E-state index contributed by atoms with van der Waals surface area (Å²) >= 11 is 17.9. The molecule has 0 amide bonds. The minimum Gasteiger partial charge on any atom is -0.391 e. The van der Waals surface area contributed by atoms with Crippen LogP contribution in [0.5, 0.6) is 0 Å². The summed E-state index contributed by atoms with van der Waals surface area (Å²) in [5, 5.41) is 4.37. The van der Waals surface area contributed by atoms with E-state index in [1.165, 1.54) is 0 Å². The number of thiocarbonyl (C=S) groups is 1. The van der Waals surface area contributed by atoms with E-state index in [1.807, 2.05) is 0 Å². The minimum absolute atomic E-state index is 0.0774. The van der Waals surface area contributed by atoms with Crippen molar-refractivity contribution in [2.75, 3.05) is 0 Å². The first-order valence-corrected chi connectivity index (χ1v) is 8.53. The molecule has 0 aliphatic heterocycles. The van der Waals surface area contributed by atoms with Crippen molar-refractivity contribution in [3.05, 3.63) is 91.7 Å². The Kier molecular flexibility index (Phi) is 4.95. The van der Waals surface area contributed by atoms with Crippen LogP contribution in [0.3, 0.4) is 0 Å². The Hall–Kier alpha value is -2.48. The maximum Gasteiger partial charge on any atom is 0.349 e. The lowest BCUT2D eigenvalue weighted by Gasteiger charge is -2.27. The monoisotopic (exact) mass is 406 g/mol. The molecule has 1 heterocycles. The van der Waals surface area contributed by atoms with Gasteiger partial charge in [0.15, 0.2) is 0 Å². The summed E-state index contributed by atoms with van der Waals surface area (Å²) in [7, 11) is 0. The second kappa shape index (κ2) is 7.03. The number of aromatic nitrogens is 3. The van der Waals surface area contributed by atoms with Crippen LogP contribution in [0.15, 0.2) is 64.3 Å². The zero-order chi connectivity index (χ0) is 18.9. The Labute approximate surface area is 163 Å². The average molecular weight is 407 g/mol. The van der Waals surface area contributed by atoms with Crippen LogP contribution in [-0.2, 0) is 4.87 Å². The Morgan fingerprint density at radius 1 is 1.08 bits per heavy atom. The molecule has 1 aromatic heterocycles. The molecule has 2 aromatic carbocycles. The minimum atomic E-state index is -1.23. The van der Waals surface area contributed by atoms with Crippen molar-refractivity contribution in [3.8, 4) is 5.69 Å². The second-order valence-electron chi connectivity index (χ2n) is 5.43. The molecule has 3 aromatic rings. The van der Waals surface area contributed by atoms with E-state index in [-0.39, 0.29) is 4.99 Å². The van der Waals surface area contributed by atoms with E-state index in [2.05, 4.69) is 10.1 Å². The van der Waals surface area contributed by atoms with Crippen molar-refractivity contribution in [1.29, 1.82) is 0 Å². The summed E-state index contributed by atoms with van der Waals surface area (Å²) in [6.45, 7) is 0. The molecule has 9 heteroatoms. The molecule has 0 radical (unpaired) electrons. The maximum absolute atomic E-state index is 11.8. The quantitative estimate of drug-likeness (QED) is 0.512. The molecule has 1 unspecified atom stereocenters. The van der Waals surface area contributed by atoms with Crippen LogP contribution in [0.1, 0.15) is 11.1 Å². The fourth-order valence-electron chi connectivity index (χ4n) is 2.50. The van der Waals surface area contributed by atoms with Crippen molar-refractivity contribution in [3.63, 3.8) is 0 Å². The number of aromatic amines is 1. The number of nitrogens with one attached hydrogen (secondary N) is 1. The van der Waals surface area contributed by atoms with Crippen molar-refractivity contribution < 1.29 is 0 Å². The van der Waals surface area contributed by atoms with Gasteiger partial charge in [-0.15, -0.1) is 11.6 Å². The van der Waals surface area contributed by atoms with Crippen LogP contribution in [0.2, 0.25) is 5.02 Å². The lowest BCUT2D eigenvalue weighted by molar-refractivity contribution is 0.749. The van der Waals surface area contributed by atoms with Crippen molar-refractivity contribution in [2.45, 2.75) is 4.87 Å². The molecule has 0 aliphatic rings. The van der Waals surface area contributed by atoms with Gasteiger partial charge in [-0.1, -0.05) is 48.1 Å². The van der Waals surface area contributed by atoms with E-state index in [0.29, 0.717) is 21.8 Å². The molecule has 0 bridgehead atoms. The number of H-pyrrole nitrogens is 1. The lowest BCUT2D eigenvalue weighted by atomic mass is 9.90. The van der Waals surface area contributed by atoms with Gasteiger partial charge in [0.25, 0.3) is 5.56 Å². The Bertz CT molecular complexity index is 1080. The third kappa shape index (κ3) is 3.29. The van der Waals surface area contributed by atoms with Gasteiger partial charge in [-0.3, -0.25) is 9.78 Å². The fraction of sp³-hybridized carbons (Fsp3) is 0.0588. The zero-order valence-electron chi connectivity index (χ0n) is 13.1. The van der Waals surface area contributed by atoms with Gasteiger partial charge in [-0.05, 0) is 35.4 Å². The highest BCUT2D eigenvalue weighted by Crippen LogP contribution is 2.37. The highest BCUT2D eigenvalue weighted by molar-refractivity contribution is 7.80. The number of hydrogen-bond acceptors (Lipinski definition) is 4. The molecule has 0 saturated heterocycles. The van der Waals surface area contributed by atoms with Gasteiger partial charge in [0, 0.05) is 5.02 Å². The van der Waals surface area contributed by atoms with E-state index in [9.17, 15) is 9.59 Å². The Morgan fingerprint density at radius 3 is 2.12 bits per heavy atom. The van der Waals surface area contributed by atoms with Crippen molar-refractivity contribution in [2.24, 2.45) is 5.73 Å². The molecule has 1 atom stereocenters. The van der Waals surface area contributed by atoms with Gasteiger partial charge in [-0.25, -0.2) is 4.79 Å². The molecule has 0 fully saturated rings. The number of benzene rings is 2. The molecule has 3 N–H and O–H groups in total. The first-order chi connectivity index (χ1) is 12.3. The normalized spacial score (nSPS) is 13.2. The number of nitrogens with zero attached hydrogens (tertiary/aromatic N) is 2. The molecule has 26 heavy (non-hydrogen) atoms.